The molecule has 3 saturated heterocycles. The van der Waals surface area contributed by atoms with Crippen molar-refractivity contribution >= 4 is 52.5 Å². The number of phenols is 1. The second-order valence-electron chi connectivity index (χ2n) is 17.7. The molecule has 10 rings (SSSR count). The van der Waals surface area contributed by atoms with E-state index in [1.807, 2.05) is 54.6 Å². The average molecular weight is 912 g/mol. The quantitative estimate of drug-likeness (QED) is 0.0987. The molecule has 3 aliphatic heterocycles. The van der Waals surface area contributed by atoms with Crippen LogP contribution in [0.5, 0.6) is 17.2 Å². The van der Waals surface area contributed by atoms with Crippen molar-refractivity contribution in [3.8, 4) is 17.2 Å². The van der Waals surface area contributed by atoms with Crippen LogP contribution in [0.1, 0.15) is 53.9 Å². The lowest BCUT2D eigenvalue weighted by Crippen LogP contribution is -2.53. The SMILES string of the molecule is COc1ccc(C23C(=O)N(Nc4ccc(Cl)cc4Cl)C(=O)C2CC2C(=CCC4C(=O)N(C5CCN(Cc6ccccc6)CC5)C(=O)C42)C3c2ccc(OCc3ccccc3)cc2O)cc1. The molecular weight excluding hydrogens is 863 g/mol. The number of carbonyl (C=O) groups excluding carboxylic acids is 4. The van der Waals surface area contributed by atoms with Crippen LogP contribution in [0.2, 0.25) is 10.0 Å². The molecule has 6 atom stereocenters. The number of anilines is 1. The predicted molar refractivity (Wildman–Crippen MR) is 246 cm³/mol. The number of aromatic hydroxyl groups is 1. The number of methoxy groups -OCH3 is 1. The monoisotopic (exact) mass is 910 g/mol. The van der Waals surface area contributed by atoms with Crippen molar-refractivity contribution < 1.29 is 33.8 Å². The van der Waals surface area contributed by atoms with Gasteiger partial charge in [0.05, 0.1) is 41.0 Å². The molecular formula is C52H48Cl2N4O7. The Morgan fingerprint density at radius 2 is 1.46 bits per heavy atom. The van der Waals surface area contributed by atoms with Gasteiger partial charge in [0.25, 0.3) is 11.8 Å². The fourth-order valence-electron chi connectivity index (χ4n) is 11.3. The molecule has 11 nitrogen and oxygen atoms in total. The molecule has 332 valence electrons. The Kier molecular flexibility index (Phi) is 11.4. The van der Waals surface area contributed by atoms with Crippen LogP contribution in [0.3, 0.4) is 0 Å². The molecule has 5 aliphatic rings. The maximum atomic E-state index is 15.7. The number of hydrogen-bond acceptors (Lipinski definition) is 9. The van der Waals surface area contributed by atoms with Gasteiger partial charge >= 0.3 is 0 Å². The summed E-state index contributed by atoms with van der Waals surface area (Å²) in [7, 11) is 1.55. The highest BCUT2D eigenvalue weighted by Gasteiger charge is 2.71. The number of imide groups is 2. The summed E-state index contributed by atoms with van der Waals surface area (Å²) in [5.41, 5.74) is 5.50. The van der Waals surface area contributed by atoms with Gasteiger partial charge in [0.15, 0.2) is 0 Å². The Morgan fingerprint density at radius 3 is 2.14 bits per heavy atom. The Bertz CT molecular complexity index is 2690. The second-order valence-corrected chi connectivity index (χ2v) is 18.6. The van der Waals surface area contributed by atoms with Crippen molar-refractivity contribution in [1.82, 2.24) is 14.8 Å². The number of piperidine rings is 1. The molecule has 5 aromatic carbocycles. The van der Waals surface area contributed by atoms with E-state index in [1.54, 1.807) is 55.6 Å². The number of hydrogen-bond donors (Lipinski definition) is 2. The number of likely N-dealkylation sites (tertiary alicyclic amines) is 2. The molecule has 0 bridgehead atoms. The summed E-state index contributed by atoms with van der Waals surface area (Å²) in [6.07, 6.45) is 3.70. The molecule has 1 saturated carbocycles. The first-order chi connectivity index (χ1) is 31.6. The number of nitrogens with zero attached hydrogens (tertiary/aromatic N) is 3. The number of benzene rings is 5. The van der Waals surface area contributed by atoms with Gasteiger partial charge in [0.1, 0.15) is 23.9 Å². The van der Waals surface area contributed by atoms with Gasteiger partial charge in [-0.1, -0.05) is 114 Å². The van der Waals surface area contributed by atoms with E-state index >= 15 is 14.4 Å². The average Bonchev–Trinajstić information content (AvgIpc) is 3.70. The lowest BCUT2D eigenvalue weighted by atomic mass is 9.49. The number of allylic oxidation sites excluding steroid dienone is 2. The van der Waals surface area contributed by atoms with E-state index in [9.17, 15) is 9.90 Å². The Balaban J connectivity index is 1.05. The summed E-state index contributed by atoms with van der Waals surface area (Å²) in [6, 6.07) is 36.5. The Labute approximate surface area is 387 Å². The van der Waals surface area contributed by atoms with Gasteiger partial charge in [0, 0.05) is 48.2 Å². The third kappa shape index (κ3) is 7.43. The molecule has 5 aromatic rings. The summed E-state index contributed by atoms with van der Waals surface area (Å²) in [5, 5.41) is 13.8. The highest BCUT2D eigenvalue weighted by Crippen LogP contribution is 2.65. The highest BCUT2D eigenvalue weighted by atomic mass is 35.5. The van der Waals surface area contributed by atoms with Crippen LogP contribution in [0.25, 0.3) is 0 Å². The minimum atomic E-state index is -1.63. The van der Waals surface area contributed by atoms with Crippen LogP contribution in [0.15, 0.2) is 133 Å². The number of carbonyl (C=O) groups is 4. The molecule has 2 aliphatic carbocycles. The van der Waals surface area contributed by atoms with Crippen molar-refractivity contribution in [2.45, 2.75) is 56.2 Å². The Hall–Kier alpha value is -6.14. The number of hydrazine groups is 1. The fraction of sp³-hybridized carbons (Fsp3) is 0.308. The van der Waals surface area contributed by atoms with E-state index in [1.165, 1.54) is 22.6 Å². The lowest BCUT2D eigenvalue weighted by molar-refractivity contribution is -0.144. The number of nitrogens with one attached hydrogen (secondary N) is 1. The summed E-state index contributed by atoms with van der Waals surface area (Å²) in [4.78, 5) is 64.4. The Morgan fingerprint density at radius 1 is 0.769 bits per heavy atom. The summed E-state index contributed by atoms with van der Waals surface area (Å²) >= 11 is 12.9. The third-order valence-electron chi connectivity index (χ3n) is 14.3. The maximum absolute atomic E-state index is 15.7. The molecule has 4 amide bonds. The van der Waals surface area contributed by atoms with Gasteiger partial charge in [-0.25, -0.2) is 0 Å². The molecule has 13 heteroatoms. The van der Waals surface area contributed by atoms with E-state index in [0.717, 1.165) is 35.8 Å². The highest BCUT2D eigenvalue weighted by molar-refractivity contribution is 6.36. The van der Waals surface area contributed by atoms with Crippen LogP contribution in [-0.4, -0.2) is 69.8 Å². The predicted octanol–water partition coefficient (Wildman–Crippen LogP) is 8.94. The first-order valence-corrected chi connectivity index (χ1v) is 22.9. The zero-order chi connectivity index (χ0) is 45.0. The number of ether oxygens (including phenoxy) is 2. The molecule has 3 heterocycles. The van der Waals surface area contributed by atoms with E-state index in [2.05, 4.69) is 22.5 Å². The van der Waals surface area contributed by atoms with Crippen molar-refractivity contribution in [2.75, 3.05) is 25.6 Å². The third-order valence-corrected chi connectivity index (χ3v) is 14.9. The van der Waals surface area contributed by atoms with Gasteiger partial charge in [0.2, 0.25) is 11.8 Å². The zero-order valence-electron chi connectivity index (χ0n) is 35.7. The molecule has 6 unspecified atom stereocenters. The van der Waals surface area contributed by atoms with Crippen LogP contribution < -0.4 is 14.9 Å². The lowest BCUT2D eigenvalue weighted by Gasteiger charge is -2.50. The van der Waals surface area contributed by atoms with Crippen molar-refractivity contribution in [1.29, 1.82) is 0 Å². The summed E-state index contributed by atoms with van der Waals surface area (Å²) < 4.78 is 11.7. The number of halogens is 2. The second kappa shape index (κ2) is 17.3. The minimum Gasteiger partial charge on any atom is -0.508 e. The molecule has 65 heavy (non-hydrogen) atoms. The smallest absolute Gasteiger partial charge is 0.260 e. The largest absolute Gasteiger partial charge is 0.508 e. The number of phenolic OH excluding ortho intramolecular Hbond substituents is 1. The van der Waals surface area contributed by atoms with E-state index in [4.69, 9.17) is 32.7 Å². The zero-order valence-corrected chi connectivity index (χ0v) is 37.3. The van der Waals surface area contributed by atoms with Crippen LogP contribution in [-0.2, 0) is 37.7 Å². The van der Waals surface area contributed by atoms with Crippen molar-refractivity contribution in [2.24, 2.45) is 23.7 Å². The van der Waals surface area contributed by atoms with Crippen LogP contribution in [0.4, 0.5) is 5.69 Å². The molecule has 2 N–H and O–H groups in total. The first kappa shape index (κ1) is 42.8. The van der Waals surface area contributed by atoms with Gasteiger partial charge in [-0.15, -0.1) is 0 Å². The topological polar surface area (TPSA) is 129 Å². The number of rotatable bonds is 11. The van der Waals surface area contributed by atoms with Gasteiger partial charge in [-0.3, -0.25) is 34.4 Å². The number of fused-ring (bicyclic) bond motifs is 4. The number of amides is 4. The van der Waals surface area contributed by atoms with Gasteiger partial charge < -0.3 is 14.6 Å². The van der Waals surface area contributed by atoms with E-state index in [-0.39, 0.29) is 48.1 Å². The van der Waals surface area contributed by atoms with Gasteiger partial charge in [-0.05, 0) is 84.7 Å². The maximum Gasteiger partial charge on any atom is 0.260 e. The molecule has 4 fully saturated rings. The molecule has 0 spiro atoms. The summed E-state index contributed by atoms with van der Waals surface area (Å²) in [6.45, 7) is 2.55. The van der Waals surface area contributed by atoms with Crippen LogP contribution in [0, 0.1) is 23.7 Å². The van der Waals surface area contributed by atoms with E-state index in [0.29, 0.717) is 46.2 Å². The first-order valence-electron chi connectivity index (χ1n) is 22.1. The van der Waals surface area contributed by atoms with Crippen LogP contribution >= 0.6 is 23.2 Å². The molecule has 0 aromatic heterocycles. The van der Waals surface area contributed by atoms with Crippen molar-refractivity contribution in [3.63, 3.8) is 0 Å². The standard InChI is InChI=1S/C52H48Cl2N4O7/c1-64-36-15-12-33(13-16-36)52-42(49(61)58(51(52)63)55-44-21-14-34(53)26-43(44)54)28-41-38(47(52)39-18-17-37(27-45(39)59)65-30-32-10-6-3-7-11-32)19-20-40-46(41)50(62)57(48(40)60)35-22-24-56(25-23-35)29-31-8-4-2-5-9-31/h2-19,21,26-27,35,40-42,46-47,55,59H,20,22-25,28-30H2,1H3. The molecule has 0 radical (unpaired) electrons. The van der Waals surface area contributed by atoms with Gasteiger partial charge in [-0.2, -0.15) is 5.01 Å². The fourth-order valence-corrected chi connectivity index (χ4v) is 11.8. The summed E-state index contributed by atoms with van der Waals surface area (Å²) in [5.74, 6) is -4.65. The minimum absolute atomic E-state index is 0.105. The normalized spacial score (nSPS) is 25.5. The van der Waals surface area contributed by atoms with E-state index < -0.39 is 46.8 Å². The van der Waals surface area contributed by atoms with Crippen molar-refractivity contribution in [3.05, 3.63) is 165 Å².